The summed E-state index contributed by atoms with van der Waals surface area (Å²) in [5.74, 6) is 0.306. The van der Waals surface area contributed by atoms with Gasteiger partial charge in [-0.15, -0.1) is 0 Å². The van der Waals surface area contributed by atoms with Crippen LogP contribution in [0.1, 0.15) is 23.3 Å². The summed E-state index contributed by atoms with van der Waals surface area (Å²) in [7, 11) is 0. The Morgan fingerprint density at radius 1 is 1.12 bits per heavy atom. The van der Waals surface area contributed by atoms with Crippen LogP contribution in [0.4, 0.5) is 0 Å². The number of rotatable bonds is 3. The highest BCUT2D eigenvalue weighted by Gasteiger charge is 2.25. The molecular weight excluding hydrogens is 334 g/mol. The van der Waals surface area contributed by atoms with Crippen molar-refractivity contribution in [3.05, 3.63) is 58.6 Å². The summed E-state index contributed by atoms with van der Waals surface area (Å²) >= 11 is 0. The fourth-order valence-electron chi connectivity index (χ4n) is 2.97. The number of aromatic nitrogens is 4. The molecule has 8 nitrogen and oxygen atoms in total. The van der Waals surface area contributed by atoms with Crippen LogP contribution in [-0.4, -0.2) is 50.2 Å². The number of benzene rings is 1. The summed E-state index contributed by atoms with van der Waals surface area (Å²) in [4.78, 5) is 34.0. The number of ether oxygens (including phenoxy) is 1. The Hall–Kier alpha value is -3.29. The minimum Gasteiger partial charge on any atom is -0.473 e. The zero-order chi connectivity index (χ0) is 17.9. The average molecular weight is 351 g/mol. The van der Waals surface area contributed by atoms with E-state index in [2.05, 4.69) is 20.2 Å². The molecule has 1 saturated heterocycles. The summed E-state index contributed by atoms with van der Waals surface area (Å²) in [6.45, 7) is 1.12. The maximum atomic E-state index is 12.4. The van der Waals surface area contributed by atoms with E-state index < -0.39 is 0 Å². The van der Waals surface area contributed by atoms with Crippen molar-refractivity contribution in [1.82, 2.24) is 25.1 Å². The van der Waals surface area contributed by atoms with Crippen LogP contribution in [0.3, 0.4) is 0 Å². The number of carbonyl (C=O) groups is 1. The molecule has 1 aliphatic heterocycles. The van der Waals surface area contributed by atoms with Gasteiger partial charge >= 0.3 is 0 Å². The smallest absolute Gasteiger partial charge is 0.274 e. The van der Waals surface area contributed by atoms with E-state index in [1.165, 1.54) is 12.1 Å². The molecule has 4 rings (SSSR count). The molecule has 1 amide bonds. The molecule has 1 N–H and O–H groups in total. The summed E-state index contributed by atoms with van der Waals surface area (Å²) in [5.41, 5.74) is 1.53. The maximum absolute atomic E-state index is 12.4. The molecule has 1 aromatic carbocycles. The highest BCUT2D eigenvalue weighted by molar-refractivity contribution is 5.92. The fourth-order valence-corrected chi connectivity index (χ4v) is 2.97. The van der Waals surface area contributed by atoms with Gasteiger partial charge in [-0.25, -0.2) is 15.1 Å². The normalized spacial score (nSPS) is 15.2. The highest BCUT2D eigenvalue weighted by atomic mass is 16.5. The third-order valence-electron chi connectivity index (χ3n) is 4.34. The van der Waals surface area contributed by atoms with Gasteiger partial charge in [0.25, 0.3) is 11.5 Å². The Labute approximate surface area is 148 Å². The van der Waals surface area contributed by atoms with Crippen LogP contribution in [-0.2, 0) is 0 Å². The first-order valence-corrected chi connectivity index (χ1v) is 8.42. The number of nitrogens with one attached hydrogen (secondary N) is 1. The van der Waals surface area contributed by atoms with Gasteiger partial charge in [0.15, 0.2) is 0 Å². The molecule has 132 valence electrons. The number of aromatic amines is 1. The molecule has 2 aromatic heterocycles. The topological polar surface area (TPSA) is 101 Å². The lowest BCUT2D eigenvalue weighted by Gasteiger charge is -2.31. The predicted octanol–water partition coefficient (Wildman–Crippen LogP) is 1.40. The minimum absolute atomic E-state index is 0.0157. The summed E-state index contributed by atoms with van der Waals surface area (Å²) in [5, 5.41) is 6.07. The molecule has 0 atom stereocenters. The number of para-hydroxylation sites is 2. The molecule has 0 aliphatic carbocycles. The molecule has 26 heavy (non-hydrogen) atoms. The number of nitrogens with zero attached hydrogens (tertiary/aromatic N) is 4. The zero-order valence-corrected chi connectivity index (χ0v) is 14.0. The van der Waals surface area contributed by atoms with Crippen molar-refractivity contribution in [3.63, 3.8) is 0 Å². The van der Waals surface area contributed by atoms with Crippen LogP contribution in [0.2, 0.25) is 0 Å². The molecule has 3 heterocycles. The van der Waals surface area contributed by atoms with Crippen molar-refractivity contribution in [1.29, 1.82) is 0 Å². The Morgan fingerprint density at radius 2 is 1.88 bits per heavy atom. The van der Waals surface area contributed by atoms with Crippen molar-refractivity contribution >= 4 is 16.9 Å². The second-order valence-electron chi connectivity index (χ2n) is 6.11. The number of hydrogen-bond donors (Lipinski definition) is 1. The molecule has 1 aliphatic rings. The van der Waals surface area contributed by atoms with Gasteiger partial charge in [0.1, 0.15) is 11.8 Å². The SMILES string of the molecule is O=C(c1ccc(=O)[nH]n1)N1CCC(Oc2cnc3ccccc3n2)CC1. The number of amides is 1. The van der Waals surface area contributed by atoms with Gasteiger partial charge in [-0.2, -0.15) is 5.10 Å². The lowest BCUT2D eigenvalue weighted by Crippen LogP contribution is -2.42. The van der Waals surface area contributed by atoms with Crippen molar-refractivity contribution in [2.75, 3.05) is 13.1 Å². The Kier molecular flexibility index (Phi) is 4.30. The van der Waals surface area contributed by atoms with Crippen LogP contribution < -0.4 is 10.3 Å². The van der Waals surface area contributed by atoms with Crippen LogP contribution in [0, 0.1) is 0 Å². The van der Waals surface area contributed by atoms with Crippen LogP contribution in [0.5, 0.6) is 5.88 Å². The monoisotopic (exact) mass is 351 g/mol. The summed E-state index contributed by atoms with van der Waals surface area (Å²) in [6, 6.07) is 10.4. The molecule has 0 spiro atoms. The van der Waals surface area contributed by atoms with Crippen LogP contribution in [0.25, 0.3) is 11.0 Å². The lowest BCUT2D eigenvalue weighted by molar-refractivity contribution is 0.0581. The van der Waals surface area contributed by atoms with E-state index >= 15 is 0 Å². The molecular formula is C18H17N5O3. The Morgan fingerprint density at radius 3 is 2.62 bits per heavy atom. The third-order valence-corrected chi connectivity index (χ3v) is 4.34. The highest BCUT2D eigenvalue weighted by Crippen LogP contribution is 2.19. The van der Waals surface area contributed by atoms with E-state index in [0.717, 1.165) is 11.0 Å². The Balaban J connectivity index is 1.37. The largest absolute Gasteiger partial charge is 0.473 e. The number of piperidine rings is 1. The molecule has 0 unspecified atom stereocenters. The zero-order valence-electron chi connectivity index (χ0n) is 14.0. The van der Waals surface area contributed by atoms with Gasteiger partial charge in [-0.1, -0.05) is 12.1 Å². The van der Waals surface area contributed by atoms with Crippen molar-refractivity contribution in [2.24, 2.45) is 0 Å². The third kappa shape index (κ3) is 3.39. The van der Waals surface area contributed by atoms with Gasteiger partial charge in [-0.3, -0.25) is 9.59 Å². The van der Waals surface area contributed by atoms with Crippen molar-refractivity contribution < 1.29 is 9.53 Å². The van der Waals surface area contributed by atoms with E-state index in [0.29, 0.717) is 31.8 Å². The first-order valence-electron chi connectivity index (χ1n) is 8.42. The van der Waals surface area contributed by atoms with E-state index in [1.54, 1.807) is 11.1 Å². The average Bonchev–Trinajstić information content (AvgIpc) is 2.68. The van der Waals surface area contributed by atoms with Gasteiger partial charge in [0, 0.05) is 32.0 Å². The van der Waals surface area contributed by atoms with Crippen LogP contribution in [0.15, 0.2) is 47.4 Å². The summed E-state index contributed by atoms with van der Waals surface area (Å²) < 4.78 is 5.94. The van der Waals surface area contributed by atoms with Crippen LogP contribution >= 0.6 is 0 Å². The number of fused-ring (bicyclic) bond motifs is 1. The van der Waals surface area contributed by atoms with Gasteiger partial charge in [0.05, 0.1) is 17.2 Å². The summed E-state index contributed by atoms with van der Waals surface area (Å²) in [6.07, 6.45) is 3.01. The maximum Gasteiger partial charge on any atom is 0.274 e. The number of carbonyl (C=O) groups excluding carboxylic acids is 1. The van der Waals surface area contributed by atoms with E-state index in [-0.39, 0.29) is 23.3 Å². The van der Waals surface area contributed by atoms with Crippen molar-refractivity contribution in [3.8, 4) is 5.88 Å². The number of H-pyrrole nitrogens is 1. The standard InChI is InChI=1S/C18H17N5O3/c24-16-6-5-15(21-22-16)18(25)23-9-7-12(8-10-23)26-17-11-19-13-3-1-2-4-14(13)20-17/h1-6,11-12H,7-10H2,(H,22,24). The van der Waals surface area contributed by atoms with E-state index in [4.69, 9.17) is 4.74 Å². The molecule has 8 heteroatoms. The Bertz CT molecular complexity index is 975. The minimum atomic E-state index is -0.329. The lowest BCUT2D eigenvalue weighted by atomic mass is 10.1. The number of likely N-dealkylation sites (tertiary alicyclic amines) is 1. The van der Waals surface area contributed by atoms with Gasteiger partial charge < -0.3 is 9.64 Å². The quantitative estimate of drug-likeness (QED) is 0.765. The van der Waals surface area contributed by atoms with E-state index in [9.17, 15) is 9.59 Å². The van der Waals surface area contributed by atoms with Gasteiger partial charge in [-0.05, 0) is 18.2 Å². The predicted molar refractivity (Wildman–Crippen MR) is 93.9 cm³/mol. The molecule has 1 fully saturated rings. The molecule has 0 radical (unpaired) electrons. The van der Waals surface area contributed by atoms with Crippen molar-refractivity contribution in [2.45, 2.75) is 18.9 Å². The molecule has 0 saturated carbocycles. The second-order valence-corrected chi connectivity index (χ2v) is 6.11. The fraction of sp³-hybridized carbons (Fsp3) is 0.278. The second kappa shape index (κ2) is 6.91. The van der Waals surface area contributed by atoms with E-state index in [1.807, 2.05) is 24.3 Å². The number of hydrogen-bond acceptors (Lipinski definition) is 6. The first kappa shape index (κ1) is 16.2. The molecule has 3 aromatic rings. The molecule has 0 bridgehead atoms. The van der Waals surface area contributed by atoms with Gasteiger partial charge in [0.2, 0.25) is 5.88 Å². The first-order chi connectivity index (χ1) is 12.7.